The number of hydrogen-bond donors (Lipinski definition) is 1. The molecule has 0 saturated carbocycles. The number of methoxy groups -OCH3 is 2. The van der Waals surface area contributed by atoms with E-state index in [0.717, 1.165) is 5.56 Å². The monoisotopic (exact) mass is 417 g/mol. The molecular formula is C22H24ClNO5. The van der Waals surface area contributed by atoms with Crippen LogP contribution in [-0.2, 0) is 16.0 Å². The summed E-state index contributed by atoms with van der Waals surface area (Å²) in [6.45, 7) is 2.81. The molecule has 29 heavy (non-hydrogen) atoms. The summed E-state index contributed by atoms with van der Waals surface area (Å²) in [5.41, 5.74) is 1.82. The second-order valence-corrected chi connectivity index (χ2v) is 7.13. The molecule has 7 heteroatoms. The maximum Gasteiger partial charge on any atom is 0.231 e. The van der Waals surface area contributed by atoms with Gasteiger partial charge in [0.05, 0.1) is 24.3 Å². The third kappa shape index (κ3) is 5.16. The highest BCUT2D eigenvalue weighted by Gasteiger charge is 2.31. The number of Topliss-reactive ketones (excluding diaryl/α,β-unsaturated/α-hetero) is 1. The Bertz CT molecular complexity index is 887. The lowest BCUT2D eigenvalue weighted by molar-refractivity contribution is 0.101. The maximum absolute atomic E-state index is 12.8. The highest BCUT2D eigenvalue weighted by molar-refractivity contribution is 6.30. The molecule has 0 amide bonds. The minimum atomic E-state index is -0.212. The fourth-order valence-corrected chi connectivity index (χ4v) is 3.22. The Balaban J connectivity index is 1.88. The van der Waals surface area contributed by atoms with E-state index in [0.29, 0.717) is 54.7 Å². The van der Waals surface area contributed by atoms with Gasteiger partial charge in [0.15, 0.2) is 5.76 Å². The van der Waals surface area contributed by atoms with Crippen LogP contribution in [0.3, 0.4) is 0 Å². The Hall–Kier alpha value is -2.38. The van der Waals surface area contributed by atoms with Gasteiger partial charge < -0.3 is 19.3 Å². The van der Waals surface area contributed by atoms with Crippen molar-refractivity contribution in [1.29, 1.82) is 0 Å². The number of halogens is 1. The Morgan fingerprint density at radius 2 is 1.72 bits per heavy atom. The number of allylic oxidation sites excluding steroid dienone is 1. The van der Waals surface area contributed by atoms with Gasteiger partial charge in [0.2, 0.25) is 5.78 Å². The molecule has 0 bridgehead atoms. The van der Waals surface area contributed by atoms with E-state index in [-0.39, 0.29) is 17.3 Å². The summed E-state index contributed by atoms with van der Waals surface area (Å²) in [4.78, 5) is 14.9. The summed E-state index contributed by atoms with van der Waals surface area (Å²) in [6.07, 6.45) is 1.67. The van der Waals surface area contributed by atoms with Gasteiger partial charge in [0.1, 0.15) is 11.5 Å². The molecule has 0 aromatic heterocycles. The van der Waals surface area contributed by atoms with Crippen LogP contribution < -0.4 is 4.74 Å². The lowest BCUT2D eigenvalue weighted by atomic mass is 10.0. The van der Waals surface area contributed by atoms with Gasteiger partial charge in [0.25, 0.3) is 0 Å². The molecule has 2 aromatic carbocycles. The van der Waals surface area contributed by atoms with Crippen molar-refractivity contribution in [2.45, 2.75) is 6.54 Å². The quantitative estimate of drug-likeness (QED) is 0.626. The first-order valence-electron chi connectivity index (χ1n) is 9.28. The Kier molecular flexibility index (Phi) is 7.28. The average molecular weight is 418 g/mol. The van der Waals surface area contributed by atoms with E-state index in [2.05, 4.69) is 4.90 Å². The van der Waals surface area contributed by atoms with E-state index in [4.69, 9.17) is 25.8 Å². The molecule has 0 fully saturated rings. The van der Waals surface area contributed by atoms with Crippen molar-refractivity contribution in [3.63, 3.8) is 0 Å². The molecule has 0 radical (unpaired) electrons. The Labute approximate surface area is 175 Å². The summed E-state index contributed by atoms with van der Waals surface area (Å²) < 4.78 is 16.3. The van der Waals surface area contributed by atoms with Gasteiger partial charge in [-0.05, 0) is 35.9 Å². The van der Waals surface area contributed by atoms with Crippen molar-refractivity contribution < 1.29 is 24.1 Å². The van der Waals surface area contributed by atoms with Gasteiger partial charge in [-0.1, -0.05) is 23.7 Å². The number of ether oxygens (including phenoxy) is 3. The molecule has 154 valence electrons. The third-order valence-electron chi connectivity index (χ3n) is 4.69. The first-order chi connectivity index (χ1) is 14.0. The second-order valence-electron chi connectivity index (χ2n) is 6.69. The lowest BCUT2D eigenvalue weighted by Crippen LogP contribution is -2.30. The van der Waals surface area contributed by atoms with Crippen LogP contribution in [0.1, 0.15) is 21.5 Å². The third-order valence-corrected chi connectivity index (χ3v) is 4.94. The largest absolute Gasteiger partial charge is 0.507 e. The molecule has 3 rings (SSSR count). The van der Waals surface area contributed by atoms with Crippen molar-refractivity contribution in [2.75, 3.05) is 40.5 Å². The molecule has 0 spiro atoms. The topological polar surface area (TPSA) is 68.2 Å². The number of carbonyl (C=O) groups excluding carboxylic acids is 1. The van der Waals surface area contributed by atoms with Crippen LogP contribution in [0.2, 0.25) is 5.02 Å². The predicted octanol–water partition coefficient (Wildman–Crippen LogP) is 3.76. The van der Waals surface area contributed by atoms with Crippen LogP contribution in [0.15, 0.2) is 42.2 Å². The number of phenols is 1. The van der Waals surface area contributed by atoms with Crippen molar-refractivity contribution in [3.05, 3.63) is 63.9 Å². The summed E-state index contributed by atoms with van der Waals surface area (Å²) in [5.74, 6) is 0.491. The first-order valence-corrected chi connectivity index (χ1v) is 9.66. The number of benzene rings is 2. The fraction of sp³-hybridized carbons (Fsp3) is 0.318. The van der Waals surface area contributed by atoms with Crippen molar-refractivity contribution in [3.8, 4) is 11.5 Å². The molecule has 0 saturated heterocycles. The van der Waals surface area contributed by atoms with Crippen molar-refractivity contribution >= 4 is 23.5 Å². The molecule has 1 aliphatic rings. The van der Waals surface area contributed by atoms with Crippen LogP contribution in [-0.4, -0.2) is 56.3 Å². The summed E-state index contributed by atoms with van der Waals surface area (Å²) in [5, 5.41) is 11.1. The molecular weight excluding hydrogens is 394 g/mol. The second kappa shape index (κ2) is 9.89. The molecule has 0 aliphatic carbocycles. The molecule has 1 aliphatic heterocycles. The van der Waals surface area contributed by atoms with Gasteiger partial charge >= 0.3 is 0 Å². The standard InChI is InChI=1S/C22H24ClNO5/c1-27-11-9-24(10-12-28-2)14-18-19(25)8-7-17-21(26)20(29-22(17)18)13-15-3-5-16(23)6-4-15/h3-8,13,25H,9-12,14H2,1-2H3/b20-13+. The van der Waals surface area contributed by atoms with Crippen LogP contribution in [0.5, 0.6) is 11.5 Å². The zero-order chi connectivity index (χ0) is 20.8. The molecule has 0 unspecified atom stereocenters. The molecule has 0 atom stereocenters. The van der Waals surface area contributed by atoms with Crippen LogP contribution in [0.4, 0.5) is 0 Å². The van der Waals surface area contributed by atoms with Crippen LogP contribution in [0, 0.1) is 0 Å². The van der Waals surface area contributed by atoms with Crippen LogP contribution >= 0.6 is 11.6 Å². The smallest absolute Gasteiger partial charge is 0.231 e. The number of fused-ring (bicyclic) bond motifs is 1. The van der Waals surface area contributed by atoms with Gasteiger partial charge in [-0.3, -0.25) is 9.69 Å². The average Bonchev–Trinajstić information content (AvgIpc) is 3.03. The van der Waals surface area contributed by atoms with Crippen molar-refractivity contribution in [1.82, 2.24) is 4.90 Å². The number of phenolic OH excluding ortho intramolecular Hbond substituents is 1. The molecule has 1 heterocycles. The van der Waals surface area contributed by atoms with Gasteiger partial charge in [-0.2, -0.15) is 0 Å². The first kappa shape index (κ1) is 21.3. The van der Waals surface area contributed by atoms with E-state index in [1.165, 1.54) is 6.07 Å². The van der Waals surface area contributed by atoms with E-state index in [9.17, 15) is 9.90 Å². The number of carbonyl (C=O) groups is 1. The minimum absolute atomic E-state index is 0.0872. The molecule has 6 nitrogen and oxygen atoms in total. The van der Waals surface area contributed by atoms with Crippen molar-refractivity contribution in [2.24, 2.45) is 0 Å². The Morgan fingerprint density at radius 3 is 2.34 bits per heavy atom. The zero-order valence-corrected chi connectivity index (χ0v) is 17.2. The summed E-state index contributed by atoms with van der Waals surface area (Å²) in [6, 6.07) is 10.2. The zero-order valence-electron chi connectivity index (χ0n) is 16.5. The SMILES string of the molecule is COCCN(CCOC)Cc1c(O)ccc2c1O/C(=C/c1ccc(Cl)cc1)C2=O. The highest BCUT2D eigenvalue weighted by atomic mass is 35.5. The number of hydrogen-bond acceptors (Lipinski definition) is 6. The van der Waals surface area contributed by atoms with E-state index in [1.54, 1.807) is 38.5 Å². The maximum atomic E-state index is 12.8. The van der Waals surface area contributed by atoms with Gasteiger partial charge in [-0.15, -0.1) is 0 Å². The Morgan fingerprint density at radius 1 is 1.07 bits per heavy atom. The van der Waals surface area contributed by atoms with Gasteiger partial charge in [-0.25, -0.2) is 0 Å². The lowest BCUT2D eigenvalue weighted by Gasteiger charge is -2.23. The fourth-order valence-electron chi connectivity index (χ4n) is 3.09. The normalized spacial score (nSPS) is 14.5. The number of rotatable bonds is 9. The number of ketones is 1. The molecule has 2 aromatic rings. The minimum Gasteiger partial charge on any atom is -0.507 e. The summed E-state index contributed by atoms with van der Waals surface area (Å²) >= 11 is 5.92. The summed E-state index contributed by atoms with van der Waals surface area (Å²) in [7, 11) is 3.28. The number of nitrogens with zero attached hydrogens (tertiary/aromatic N) is 1. The highest BCUT2D eigenvalue weighted by Crippen LogP contribution is 2.40. The van der Waals surface area contributed by atoms with Crippen LogP contribution in [0.25, 0.3) is 6.08 Å². The van der Waals surface area contributed by atoms with E-state index < -0.39 is 0 Å². The van der Waals surface area contributed by atoms with E-state index in [1.807, 2.05) is 12.1 Å². The van der Waals surface area contributed by atoms with E-state index >= 15 is 0 Å². The predicted molar refractivity (Wildman–Crippen MR) is 112 cm³/mol. The molecule has 1 N–H and O–H groups in total. The number of aromatic hydroxyl groups is 1. The van der Waals surface area contributed by atoms with Gasteiger partial charge in [0, 0.05) is 38.9 Å².